The molecule has 0 saturated carbocycles. The van der Waals surface area contributed by atoms with Crippen LogP contribution < -0.4 is 0 Å². The molecule has 1 amide bonds. The number of fused-ring (bicyclic) bond motifs is 3. The molecule has 1 fully saturated rings. The molecular weight excluding hydrogens is 410 g/mol. The van der Waals surface area contributed by atoms with Gasteiger partial charge in [-0.25, -0.2) is 4.98 Å². The molecule has 0 radical (unpaired) electrons. The van der Waals surface area contributed by atoms with Crippen molar-refractivity contribution in [2.24, 2.45) is 0 Å². The number of rotatable bonds is 5. The average molecular weight is 434 g/mol. The lowest BCUT2D eigenvalue weighted by atomic mass is 10.2. The Bertz CT molecular complexity index is 1220. The summed E-state index contributed by atoms with van der Waals surface area (Å²) in [5, 5.41) is 10.1. The molecular formula is C23H23N5O2S. The van der Waals surface area contributed by atoms with E-state index in [2.05, 4.69) is 33.0 Å². The largest absolute Gasteiger partial charge is 0.378 e. The number of hydrogen-bond donors (Lipinski definition) is 0. The lowest BCUT2D eigenvalue weighted by Gasteiger charge is -2.28. The van der Waals surface area contributed by atoms with E-state index in [1.807, 2.05) is 48.2 Å². The van der Waals surface area contributed by atoms with Crippen molar-refractivity contribution in [1.82, 2.24) is 24.6 Å². The first-order valence-corrected chi connectivity index (χ1v) is 11.3. The third kappa shape index (κ3) is 4.00. The molecule has 158 valence electrons. The highest BCUT2D eigenvalue weighted by molar-refractivity contribution is 8.00. The summed E-state index contributed by atoms with van der Waals surface area (Å²) < 4.78 is 7.52. The zero-order valence-electron chi connectivity index (χ0n) is 17.3. The summed E-state index contributed by atoms with van der Waals surface area (Å²) in [5.41, 5.74) is 3.83. The minimum absolute atomic E-state index is 0.0850. The SMILES string of the molecule is CC(Sc1nnc2c3ccccc3n(Cc3ccccc3)c2n1)C(=O)N1CCOCC1. The second-order valence-corrected chi connectivity index (χ2v) is 8.86. The molecule has 2 aromatic heterocycles. The minimum Gasteiger partial charge on any atom is -0.378 e. The van der Waals surface area contributed by atoms with Crippen LogP contribution in [-0.2, 0) is 16.1 Å². The van der Waals surface area contributed by atoms with E-state index in [0.29, 0.717) is 38.0 Å². The molecule has 2 aromatic carbocycles. The monoisotopic (exact) mass is 433 g/mol. The molecule has 8 heteroatoms. The van der Waals surface area contributed by atoms with Gasteiger partial charge in [-0.1, -0.05) is 60.3 Å². The zero-order valence-corrected chi connectivity index (χ0v) is 18.1. The Kier molecular flexibility index (Phi) is 5.57. The maximum absolute atomic E-state index is 12.8. The predicted molar refractivity (Wildman–Crippen MR) is 121 cm³/mol. The molecule has 3 heterocycles. The van der Waals surface area contributed by atoms with Crippen molar-refractivity contribution in [3.63, 3.8) is 0 Å². The number of amides is 1. The fraction of sp³-hybridized carbons (Fsp3) is 0.304. The van der Waals surface area contributed by atoms with Crippen LogP contribution >= 0.6 is 11.8 Å². The number of carbonyl (C=O) groups excluding carboxylic acids is 1. The molecule has 31 heavy (non-hydrogen) atoms. The van der Waals surface area contributed by atoms with Crippen LogP contribution in [0.25, 0.3) is 22.1 Å². The lowest BCUT2D eigenvalue weighted by molar-refractivity contribution is -0.134. The van der Waals surface area contributed by atoms with Gasteiger partial charge in [0.15, 0.2) is 5.65 Å². The predicted octanol–water partition coefficient (Wildman–Crippen LogP) is 3.37. The van der Waals surface area contributed by atoms with Crippen molar-refractivity contribution in [2.75, 3.05) is 26.3 Å². The van der Waals surface area contributed by atoms with Gasteiger partial charge >= 0.3 is 0 Å². The second kappa shape index (κ2) is 8.64. The molecule has 4 aromatic rings. The maximum atomic E-state index is 12.8. The standard InChI is InChI=1S/C23H23N5O2S/c1-16(22(29)27-11-13-30-14-12-27)31-23-24-21-20(25-26-23)18-9-5-6-10-19(18)28(21)15-17-7-3-2-4-8-17/h2-10,16H,11-15H2,1H3. The van der Waals surface area contributed by atoms with Gasteiger partial charge in [0.2, 0.25) is 11.1 Å². The van der Waals surface area contributed by atoms with E-state index in [1.165, 1.54) is 17.3 Å². The summed E-state index contributed by atoms with van der Waals surface area (Å²) in [6, 6.07) is 18.5. The number of hydrogen-bond acceptors (Lipinski definition) is 6. The fourth-order valence-corrected chi connectivity index (χ4v) is 4.71. The van der Waals surface area contributed by atoms with Gasteiger partial charge in [0.25, 0.3) is 0 Å². The van der Waals surface area contributed by atoms with Crippen LogP contribution in [0.15, 0.2) is 59.8 Å². The van der Waals surface area contributed by atoms with Crippen LogP contribution in [0.3, 0.4) is 0 Å². The van der Waals surface area contributed by atoms with Crippen molar-refractivity contribution in [2.45, 2.75) is 23.9 Å². The smallest absolute Gasteiger partial charge is 0.236 e. The summed E-state index contributed by atoms with van der Waals surface area (Å²) in [6.45, 7) is 5.03. The van der Waals surface area contributed by atoms with Crippen molar-refractivity contribution in [3.8, 4) is 0 Å². The van der Waals surface area contributed by atoms with Crippen molar-refractivity contribution < 1.29 is 9.53 Å². The summed E-state index contributed by atoms with van der Waals surface area (Å²) in [7, 11) is 0. The number of thioether (sulfide) groups is 1. The summed E-state index contributed by atoms with van der Waals surface area (Å²) in [6.07, 6.45) is 0. The van der Waals surface area contributed by atoms with E-state index in [4.69, 9.17) is 9.72 Å². The normalized spacial score (nSPS) is 15.5. The minimum atomic E-state index is -0.288. The molecule has 1 saturated heterocycles. The van der Waals surface area contributed by atoms with E-state index >= 15 is 0 Å². The first-order chi connectivity index (χ1) is 15.2. The van der Waals surface area contributed by atoms with Gasteiger partial charge in [0, 0.05) is 25.0 Å². The Hall–Kier alpha value is -2.97. The Morgan fingerprint density at radius 3 is 2.61 bits per heavy atom. The maximum Gasteiger partial charge on any atom is 0.236 e. The highest BCUT2D eigenvalue weighted by atomic mass is 32.2. The van der Waals surface area contributed by atoms with E-state index in [-0.39, 0.29) is 11.2 Å². The topological polar surface area (TPSA) is 73.1 Å². The van der Waals surface area contributed by atoms with Crippen LogP contribution in [0.5, 0.6) is 0 Å². The molecule has 1 unspecified atom stereocenters. The number of nitrogens with zero attached hydrogens (tertiary/aromatic N) is 5. The number of para-hydroxylation sites is 1. The van der Waals surface area contributed by atoms with E-state index in [1.54, 1.807) is 0 Å². The Labute approximate surface area is 184 Å². The number of ether oxygens (including phenoxy) is 1. The van der Waals surface area contributed by atoms with Crippen molar-refractivity contribution in [3.05, 3.63) is 60.2 Å². The number of carbonyl (C=O) groups is 1. The fourth-order valence-electron chi connectivity index (χ4n) is 3.91. The Morgan fingerprint density at radius 2 is 1.81 bits per heavy atom. The molecule has 0 spiro atoms. The molecule has 5 rings (SSSR count). The van der Waals surface area contributed by atoms with Gasteiger partial charge in [0.1, 0.15) is 5.52 Å². The molecule has 1 atom stereocenters. The van der Waals surface area contributed by atoms with Gasteiger partial charge in [-0.2, -0.15) is 0 Å². The van der Waals surface area contributed by atoms with E-state index in [9.17, 15) is 4.79 Å². The molecule has 1 aliphatic heterocycles. The van der Waals surface area contributed by atoms with Gasteiger partial charge in [-0.3, -0.25) is 4.79 Å². The van der Waals surface area contributed by atoms with Gasteiger partial charge in [0.05, 0.1) is 24.0 Å². The van der Waals surface area contributed by atoms with E-state index < -0.39 is 0 Å². The van der Waals surface area contributed by atoms with E-state index in [0.717, 1.165) is 22.1 Å². The van der Waals surface area contributed by atoms with Crippen LogP contribution in [-0.4, -0.2) is 62.1 Å². The Morgan fingerprint density at radius 1 is 1.06 bits per heavy atom. The van der Waals surface area contributed by atoms with Gasteiger partial charge in [-0.05, 0) is 18.6 Å². The third-order valence-corrected chi connectivity index (χ3v) is 6.43. The van der Waals surface area contributed by atoms with Crippen molar-refractivity contribution in [1.29, 1.82) is 0 Å². The number of morpholine rings is 1. The van der Waals surface area contributed by atoms with Crippen molar-refractivity contribution >= 4 is 39.7 Å². The molecule has 0 aliphatic carbocycles. The molecule has 1 aliphatic rings. The van der Waals surface area contributed by atoms with Crippen LogP contribution in [0.2, 0.25) is 0 Å². The van der Waals surface area contributed by atoms with Crippen LogP contribution in [0, 0.1) is 0 Å². The first kappa shape index (κ1) is 20.0. The highest BCUT2D eigenvalue weighted by Crippen LogP contribution is 2.29. The molecule has 0 bridgehead atoms. The number of aromatic nitrogens is 4. The average Bonchev–Trinajstić information content (AvgIpc) is 3.13. The first-order valence-electron chi connectivity index (χ1n) is 10.4. The third-order valence-electron chi connectivity index (χ3n) is 5.49. The van der Waals surface area contributed by atoms with Gasteiger partial charge < -0.3 is 14.2 Å². The second-order valence-electron chi connectivity index (χ2n) is 7.55. The quantitative estimate of drug-likeness (QED) is 0.450. The molecule has 0 N–H and O–H groups in total. The summed E-state index contributed by atoms with van der Waals surface area (Å²) in [4.78, 5) is 19.5. The lowest BCUT2D eigenvalue weighted by Crippen LogP contribution is -2.44. The zero-order chi connectivity index (χ0) is 21.2. The van der Waals surface area contributed by atoms with Crippen LogP contribution in [0.1, 0.15) is 12.5 Å². The molecule has 7 nitrogen and oxygen atoms in total. The summed E-state index contributed by atoms with van der Waals surface area (Å²) >= 11 is 1.35. The number of benzene rings is 2. The van der Waals surface area contributed by atoms with Crippen LogP contribution in [0.4, 0.5) is 0 Å². The summed E-state index contributed by atoms with van der Waals surface area (Å²) in [5.74, 6) is 0.0850. The highest BCUT2D eigenvalue weighted by Gasteiger charge is 2.25. The van der Waals surface area contributed by atoms with Gasteiger partial charge in [-0.15, -0.1) is 10.2 Å². The Balaban J connectivity index is 1.49.